The molecule has 1 aliphatic heterocycles. The molecule has 32 heavy (non-hydrogen) atoms. The molecule has 10 heteroatoms. The molecule has 1 aliphatic rings. The van der Waals surface area contributed by atoms with Gasteiger partial charge in [0, 0.05) is 6.04 Å². The molecular formula is C22H17F3N2O4S. The van der Waals surface area contributed by atoms with Crippen LogP contribution in [0.2, 0.25) is 0 Å². The van der Waals surface area contributed by atoms with Crippen LogP contribution in [-0.4, -0.2) is 29.2 Å². The van der Waals surface area contributed by atoms with Crippen LogP contribution in [0.4, 0.5) is 18.0 Å². The minimum absolute atomic E-state index is 0.00939. The Morgan fingerprint density at radius 2 is 1.78 bits per heavy atom. The lowest BCUT2D eigenvalue weighted by atomic mass is 10.1. The average Bonchev–Trinajstić information content (AvgIpc) is 3.01. The van der Waals surface area contributed by atoms with E-state index in [1.807, 2.05) is 0 Å². The van der Waals surface area contributed by atoms with Gasteiger partial charge in [-0.1, -0.05) is 6.07 Å². The van der Waals surface area contributed by atoms with E-state index in [-0.39, 0.29) is 33.2 Å². The molecule has 166 valence electrons. The van der Waals surface area contributed by atoms with E-state index < -0.39 is 23.4 Å². The number of carbonyl (C=O) groups is 2. The van der Waals surface area contributed by atoms with Crippen LogP contribution in [-0.2, 0) is 11.0 Å². The van der Waals surface area contributed by atoms with Crippen molar-refractivity contribution in [3.8, 4) is 23.3 Å². The summed E-state index contributed by atoms with van der Waals surface area (Å²) >= 11 is 0.809. The highest BCUT2D eigenvalue weighted by Gasteiger charge is 2.37. The summed E-state index contributed by atoms with van der Waals surface area (Å²) in [4.78, 5) is 25.9. The van der Waals surface area contributed by atoms with E-state index in [9.17, 15) is 22.8 Å². The maximum absolute atomic E-state index is 13.4. The molecule has 6 nitrogen and oxygen atoms in total. The summed E-state index contributed by atoms with van der Waals surface area (Å²) in [5, 5.41) is 8.51. The maximum Gasteiger partial charge on any atom is 0.420 e. The number of nitrogens with zero attached hydrogens (tertiary/aromatic N) is 2. The second kappa shape index (κ2) is 8.96. The molecule has 1 saturated heterocycles. The van der Waals surface area contributed by atoms with E-state index in [1.54, 1.807) is 19.9 Å². The molecule has 1 fully saturated rings. The Kier molecular flexibility index (Phi) is 6.50. The Morgan fingerprint density at radius 3 is 2.34 bits per heavy atom. The number of ether oxygens (including phenoxy) is 2. The molecule has 0 saturated carbocycles. The molecule has 0 radical (unpaired) electrons. The van der Waals surface area contributed by atoms with Crippen molar-refractivity contribution in [2.45, 2.75) is 26.1 Å². The molecule has 1 heterocycles. The molecule has 0 atom stereocenters. The van der Waals surface area contributed by atoms with E-state index in [0.29, 0.717) is 11.6 Å². The standard InChI is InChI=1S/C22H17F3N2O4S/c1-12(2)27-20(28)19(32-21(27)29)10-13-4-7-17(18(9-13)30-3)31-16-6-5-14(11-26)8-15(16)22(23,24)25/h4-10,12H,1-3H3/b19-10-. The fraction of sp³-hybridized carbons (Fsp3) is 0.227. The summed E-state index contributed by atoms with van der Waals surface area (Å²) < 4.78 is 50.9. The number of amides is 2. The molecule has 0 aromatic heterocycles. The number of nitriles is 1. The minimum atomic E-state index is -4.73. The topological polar surface area (TPSA) is 79.6 Å². The number of benzene rings is 2. The van der Waals surface area contributed by atoms with Crippen LogP contribution in [0.5, 0.6) is 17.2 Å². The van der Waals surface area contributed by atoms with Crippen LogP contribution in [0.25, 0.3) is 6.08 Å². The molecule has 2 aromatic rings. The summed E-state index contributed by atoms with van der Waals surface area (Å²) in [5.41, 5.74) is -0.744. The van der Waals surface area contributed by atoms with Gasteiger partial charge in [0.2, 0.25) is 0 Å². The summed E-state index contributed by atoms with van der Waals surface area (Å²) in [6.45, 7) is 3.46. The van der Waals surface area contributed by atoms with Crippen molar-refractivity contribution in [3.05, 3.63) is 58.0 Å². The Bertz CT molecular complexity index is 1150. The first kappa shape index (κ1) is 23.2. The highest BCUT2D eigenvalue weighted by atomic mass is 32.2. The first-order valence-electron chi connectivity index (χ1n) is 9.29. The van der Waals surface area contributed by atoms with E-state index in [1.165, 1.54) is 37.5 Å². The third-order valence-corrected chi connectivity index (χ3v) is 5.34. The third-order valence-electron chi connectivity index (χ3n) is 4.46. The monoisotopic (exact) mass is 462 g/mol. The largest absolute Gasteiger partial charge is 0.493 e. The Balaban J connectivity index is 1.94. The number of carbonyl (C=O) groups excluding carboxylic acids is 2. The predicted octanol–water partition coefficient (Wildman–Crippen LogP) is 5.82. The fourth-order valence-corrected chi connectivity index (χ4v) is 3.92. The van der Waals surface area contributed by atoms with Gasteiger partial charge in [0.25, 0.3) is 11.1 Å². The zero-order chi connectivity index (χ0) is 23.6. The van der Waals surface area contributed by atoms with Crippen molar-refractivity contribution in [1.29, 1.82) is 5.26 Å². The summed E-state index contributed by atoms with van der Waals surface area (Å²) in [6, 6.07) is 8.78. The average molecular weight is 462 g/mol. The van der Waals surface area contributed by atoms with Gasteiger partial charge in [-0.2, -0.15) is 18.4 Å². The highest BCUT2D eigenvalue weighted by molar-refractivity contribution is 8.18. The number of methoxy groups -OCH3 is 1. The lowest BCUT2D eigenvalue weighted by Gasteiger charge is -2.16. The Morgan fingerprint density at radius 1 is 1.09 bits per heavy atom. The molecule has 3 rings (SSSR count). The Labute approximate surface area is 186 Å². The van der Waals surface area contributed by atoms with Crippen LogP contribution in [0.1, 0.15) is 30.5 Å². The summed E-state index contributed by atoms with van der Waals surface area (Å²) in [7, 11) is 1.32. The number of hydrogen-bond acceptors (Lipinski definition) is 6. The molecule has 0 spiro atoms. The van der Waals surface area contributed by atoms with E-state index in [2.05, 4.69) is 0 Å². The zero-order valence-electron chi connectivity index (χ0n) is 17.2. The second-order valence-electron chi connectivity index (χ2n) is 6.98. The van der Waals surface area contributed by atoms with E-state index >= 15 is 0 Å². The summed E-state index contributed by atoms with van der Waals surface area (Å²) in [6.07, 6.45) is -3.23. The Hall–Kier alpha value is -3.45. The molecule has 0 bridgehead atoms. The van der Waals surface area contributed by atoms with Gasteiger partial charge in [0.05, 0.1) is 29.2 Å². The van der Waals surface area contributed by atoms with Crippen molar-refractivity contribution >= 4 is 29.0 Å². The molecule has 2 amide bonds. The molecule has 0 N–H and O–H groups in total. The smallest absolute Gasteiger partial charge is 0.420 e. The van der Waals surface area contributed by atoms with Gasteiger partial charge in [0.1, 0.15) is 5.75 Å². The maximum atomic E-state index is 13.4. The van der Waals surface area contributed by atoms with E-state index in [0.717, 1.165) is 22.7 Å². The van der Waals surface area contributed by atoms with Crippen molar-refractivity contribution in [3.63, 3.8) is 0 Å². The predicted molar refractivity (Wildman–Crippen MR) is 112 cm³/mol. The van der Waals surface area contributed by atoms with Crippen LogP contribution >= 0.6 is 11.8 Å². The minimum Gasteiger partial charge on any atom is -0.493 e. The molecule has 0 unspecified atom stereocenters. The molecule has 2 aromatic carbocycles. The normalized spacial score (nSPS) is 15.4. The highest BCUT2D eigenvalue weighted by Crippen LogP contribution is 2.41. The fourth-order valence-electron chi connectivity index (χ4n) is 2.96. The van der Waals surface area contributed by atoms with Gasteiger partial charge < -0.3 is 9.47 Å². The lowest BCUT2D eigenvalue weighted by Crippen LogP contribution is -2.34. The molecule has 0 aliphatic carbocycles. The van der Waals surface area contributed by atoms with Crippen molar-refractivity contribution in [2.75, 3.05) is 7.11 Å². The zero-order valence-corrected chi connectivity index (χ0v) is 18.0. The van der Waals surface area contributed by atoms with Gasteiger partial charge in [-0.25, -0.2) is 0 Å². The second-order valence-corrected chi connectivity index (χ2v) is 7.97. The quantitative estimate of drug-likeness (QED) is 0.521. The first-order chi connectivity index (χ1) is 15.0. The number of thioether (sulfide) groups is 1. The van der Waals surface area contributed by atoms with Gasteiger partial charge in [-0.3, -0.25) is 14.5 Å². The van der Waals surface area contributed by atoms with Crippen molar-refractivity contribution in [1.82, 2.24) is 4.90 Å². The number of halogens is 3. The number of hydrogen-bond donors (Lipinski definition) is 0. The van der Waals surface area contributed by atoms with Crippen molar-refractivity contribution < 1.29 is 32.2 Å². The third kappa shape index (κ3) is 4.73. The van der Waals surface area contributed by atoms with Gasteiger partial charge in [-0.05, 0) is 67.6 Å². The van der Waals surface area contributed by atoms with Crippen LogP contribution in [0.15, 0.2) is 41.3 Å². The van der Waals surface area contributed by atoms with Crippen LogP contribution < -0.4 is 9.47 Å². The molecular weight excluding hydrogens is 445 g/mol. The van der Waals surface area contributed by atoms with Crippen LogP contribution in [0.3, 0.4) is 0 Å². The van der Waals surface area contributed by atoms with Gasteiger partial charge >= 0.3 is 6.18 Å². The SMILES string of the molecule is COc1cc(/C=C2\SC(=O)N(C(C)C)C2=O)ccc1Oc1ccc(C#N)cc1C(F)(F)F. The van der Waals surface area contributed by atoms with Crippen LogP contribution in [0, 0.1) is 11.3 Å². The van der Waals surface area contributed by atoms with Crippen molar-refractivity contribution in [2.24, 2.45) is 0 Å². The number of rotatable bonds is 5. The van der Waals surface area contributed by atoms with Gasteiger partial charge in [-0.15, -0.1) is 0 Å². The number of alkyl halides is 3. The van der Waals surface area contributed by atoms with Gasteiger partial charge in [0.15, 0.2) is 11.5 Å². The lowest BCUT2D eigenvalue weighted by molar-refractivity contribution is -0.138. The first-order valence-corrected chi connectivity index (χ1v) is 10.1. The number of imide groups is 1. The van der Waals surface area contributed by atoms with E-state index in [4.69, 9.17) is 14.7 Å². The summed E-state index contributed by atoms with van der Waals surface area (Å²) in [5.74, 6) is -0.767.